The number of sulfone groups is 1. The van der Waals surface area contributed by atoms with Crippen molar-refractivity contribution in [1.82, 2.24) is 25.0 Å². The number of furan rings is 1. The summed E-state index contributed by atoms with van der Waals surface area (Å²) in [6.45, 7) is 4.27. The van der Waals surface area contributed by atoms with Gasteiger partial charge in [-0.25, -0.2) is 8.42 Å². The minimum Gasteiger partial charge on any atom is -0.459 e. The fourth-order valence-electron chi connectivity index (χ4n) is 2.95. The molecule has 1 saturated heterocycles. The maximum atomic E-state index is 11.8. The van der Waals surface area contributed by atoms with E-state index in [1.165, 1.54) is 18.0 Å². The van der Waals surface area contributed by atoms with E-state index in [2.05, 4.69) is 27.0 Å². The minimum absolute atomic E-state index is 0.114. The Hall–Kier alpha value is -2.40. The van der Waals surface area contributed by atoms with Gasteiger partial charge in [-0.15, -0.1) is 27.0 Å². The summed E-state index contributed by atoms with van der Waals surface area (Å²) in [5.74, 6) is 2.53. The van der Waals surface area contributed by atoms with Gasteiger partial charge in [-0.1, -0.05) is 17.8 Å². The molecule has 4 heterocycles. The number of rotatable bonds is 7. The molecule has 3 aromatic rings. The van der Waals surface area contributed by atoms with E-state index in [9.17, 15) is 8.42 Å². The smallest absolute Gasteiger partial charge is 0.283 e. The summed E-state index contributed by atoms with van der Waals surface area (Å²) < 4.78 is 36.3. The summed E-state index contributed by atoms with van der Waals surface area (Å²) in [4.78, 5) is 0. The van der Waals surface area contributed by atoms with Crippen molar-refractivity contribution in [2.24, 2.45) is 0 Å². The number of hydrogen-bond acceptors (Lipinski definition) is 9. The van der Waals surface area contributed by atoms with Crippen LogP contribution >= 0.6 is 11.8 Å². The lowest BCUT2D eigenvalue weighted by molar-refractivity contribution is 0.494. The number of hydrogen-bond donors (Lipinski definition) is 0. The van der Waals surface area contributed by atoms with Gasteiger partial charge in [0.05, 0.1) is 23.5 Å². The largest absolute Gasteiger partial charge is 0.459 e. The zero-order chi connectivity index (χ0) is 18.9. The molecule has 0 aromatic carbocycles. The third-order valence-electron chi connectivity index (χ3n) is 4.18. The van der Waals surface area contributed by atoms with Crippen LogP contribution in [0.2, 0.25) is 0 Å². The van der Waals surface area contributed by atoms with Crippen molar-refractivity contribution in [2.45, 2.75) is 29.8 Å². The molecule has 27 heavy (non-hydrogen) atoms. The van der Waals surface area contributed by atoms with Gasteiger partial charge >= 0.3 is 0 Å². The first-order valence-electron chi connectivity index (χ1n) is 8.29. The van der Waals surface area contributed by atoms with E-state index in [-0.39, 0.29) is 17.4 Å². The Bertz CT molecular complexity index is 1040. The lowest BCUT2D eigenvalue weighted by atomic mass is 10.1. The summed E-state index contributed by atoms with van der Waals surface area (Å²) in [6.07, 6.45) is 3.84. The highest BCUT2D eigenvalue weighted by Gasteiger charge is 2.33. The highest BCUT2D eigenvalue weighted by molar-refractivity contribution is 7.98. The van der Waals surface area contributed by atoms with E-state index in [0.29, 0.717) is 47.2 Å². The minimum atomic E-state index is -3.00. The maximum absolute atomic E-state index is 11.8. The van der Waals surface area contributed by atoms with Gasteiger partial charge in [-0.3, -0.25) is 0 Å². The fraction of sp³-hybridized carbons (Fsp3) is 0.375. The maximum Gasteiger partial charge on any atom is 0.283 e. The molecule has 0 bridgehead atoms. The molecule has 1 fully saturated rings. The van der Waals surface area contributed by atoms with Crippen LogP contribution < -0.4 is 0 Å². The van der Waals surface area contributed by atoms with Crippen molar-refractivity contribution in [1.29, 1.82) is 0 Å². The topological polar surface area (TPSA) is 117 Å². The first kappa shape index (κ1) is 18.0. The van der Waals surface area contributed by atoms with E-state index < -0.39 is 9.84 Å². The molecule has 11 heteroatoms. The fourth-order valence-corrected chi connectivity index (χ4v) is 5.48. The molecule has 0 spiro atoms. The second-order valence-electron chi connectivity index (χ2n) is 6.11. The number of nitrogens with zero attached hydrogens (tertiary/aromatic N) is 5. The second-order valence-corrected chi connectivity index (χ2v) is 9.28. The molecule has 142 valence electrons. The van der Waals surface area contributed by atoms with Crippen molar-refractivity contribution in [3.8, 4) is 11.7 Å². The normalized spacial score (nSPS) is 18.7. The molecule has 4 rings (SSSR count). The van der Waals surface area contributed by atoms with Gasteiger partial charge in [0, 0.05) is 12.5 Å². The molecule has 0 saturated carbocycles. The predicted octanol–water partition coefficient (Wildman–Crippen LogP) is 2.30. The van der Waals surface area contributed by atoms with Crippen molar-refractivity contribution in [2.75, 3.05) is 11.5 Å². The van der Waals surface area contributed by atoms with Crippen LogP contribution in [-0.2, 0) is 22.1 Å². The van der Waals surface area contributed by atoms with E-state index in [0.717, 1.165) is 0 Å². The van der Waals surface area contributed by atoms with Gasteiger partial charge in [-0.2, -0.15) is 0 Å². The molecule has 0 N–H and O–H groups in total. The van der Waals surface area contributed by atoms with Crippen LogP contribution in [0.25, 0.3) is 11.7 Å². The SMILES string of the molecule is C=CCn1c(SCc2nnc(-c3ccco3)o2)nnc1[C@@H]1CCS(=O)(=O)C1. The average Bonchev–Trinajstić information content (AvgIpc) is 3.40. The van der Waals surface area contributed by atoms with E-state index in [1.807, 2.05) is 4.57 Å². The Kier molecular flexibility index (Phi) is 4.87. The quantitative estimate of drug-likeness (QED) is 0.429. The van der Waals surface area contributed by atoms with Crippen molar-refractivity contribution in [3.63, 3.8) is 0 Å². The van der Waals surface area contributed by atoms with Gasteiger partial charge in [0.15, 0.2) is 20.8 Å². The molecule has 0 aliphatic carbocycles. The summed E-state index contributed by atoms with van der Waals surface area (Å²) >= 11 is 1.40. The highest BCUT2D eigenvalue weighted by Crippen LogP contribution is 2.31. The van der Waals surface area contributed by atoms with Gasteiger partial charge in [0.25, 0.3) is 5.89 Å². The third-order valence-corrected chi connectivity index (χ3v) is 6.90. The number of allylic oxidation sites excluding steroid dienone is 1. The van der Waals surface area contributed by atoms with Crippen LogP contribution in [0.5, 0.6) is 0 Å². The Morgan fingerprint density at radius 2 is 2.22 bits per heavy atom. The zero-order valence-corrected chi connectivity index (χ0v) is 15.9. The zero-order valence-electron chi connectivity index (χ0n) is 14.3. The van der Waals surface area contributed by atoms with Gasteiger partial charge in [0.1, 0.15) is 5.82 Å². The predicted molar refractivity (Wildman–Crippen MR) is 97.8 cm³/mol. The van der Waals surface area contributed by atoms with E-state index in [1.54, 1.807) is 18.2 Å². The first-order valence-corrected chi connectivity index (χ1v) is 11.1. The first-order chi connectivity index (χ1) is 13.1. The van der Waals surface area contributed by atoms with Gasteiger partial charge < -0.3 is 13.4 Å². The third kappa shape index (κ3) is 3.83. The average molecular weight is 407 g/mol. The Morgan fingerprint density at radius 1 is 1.33 bits per heavy atom. The summed E-state index contributed by atoms with van der Waals surface area (Å²) in [7, 11) is -3.00. The summed E-state index contributed by atoms with van der Waals surface area (Å²) in [5.41, 5.74) is 0. The Labute approximate surface area is 159 Å². The lowest BCUT2D eigenvalue weighted by Crippen LogP contribution is -2.11. The Balaban J connectivity index is 1.50. The molecule has 9 nitrogen and oxygen atoms in total. The van der Waals surface area contributed by atoms with Gasteiger partial charge in [-0.05, 0) is 18.6 Å². The summed E-state index contributed by atoms with van der Waals surface area (Å²) in [6, 6.07) is 3.49. The van der Waals surface area contributed by atoms with Crippen molar-refractivity contribution in [3.05, 3.63) is 42.8 Å². The molecular weight excluding hydrogens is 390 g/mol. The highest BCUT2D eigenvalue weighted by atomic mass is 32.2. The molecule has 1 aliphatic rings. The second kappa shape index (κ2) is 7.31. The van der Waals surface area contributed by atoms with Crippen molar-refractivity contribution < 1.29 is 17.3 Å². The van der Waals surface area contributed by atoms with Gasteiger partial charge in [0.2, 0.25) is 5.89 Å². The number of thioether (sulfide) groups is 1. The molecular formula is C16H17N5O4S2. The molecule has 0 amide bonds. The molecule has 0 unspecified atom stereocenters. The lowest BCUT2D eigenvalue weighted by Gasteiger charge is -2.10. The molecule has 3 aromatic heterocycles. The van der Waals surface area contributed by atoms with E-state index >= 15 is 0 Å². The summed E-state index contributed by atoms with van der Waals surface area (Å²) in [5, 5.41) is 17.1. The van der Waals surface area contributed by atoms with Crippen LogP contribution in [0, 0.1) is 0 Å². The molecule has 1 aliphatic heterocycles. The van der Waals surface area contributed by atoms with Crippen LogP contribution in [0.1, 0.15) is 24.1 Å². The van der Waals surface area contributed by atoms with Crippen LogP contribution in [0.15, 0.2) is 45.0 Å². The standard InChI is InChI=1S/C16H17N5O4S2/c1-2-6-21-14(11-5-8-27(22,23)10-11)18-20-16(21)26-9-13-17-19-15(25-13)12-4-3-7-24-12/h2-4,7,11H,1,5-6,8-10H2/t11-/m1/s1. The van der Waals surface area contributed by atoms with E-state index in [4.69, 9.17) is 8.83 Å². The Morgan fingerprint density at radius 3 is 2.93 bits per heavy atom. The van der Waals surface area contributed by atoms with Crippen molar-refractivity contribution >= 4 is 21.6 Å². The molecule has 1 atom stereocenters. The van der Waals surface area contributed by atoms with Crippen LogP contribution in [0.4, 0.5) is 0 Å². The van der Waals surface area contributed by atoms with Crippen LogP contribution in [0.3, 0.4) is 0 Å². The number of aromatic nitrogens is 5. The van der Waals surface area contributed by atoms with Crippen LogP contribution in [-0.4, -0.2) is 44.9 Å². The monoisotopic (exact) mass is 407 g/mol. The molecule has 0 radical (unpaired) electrons.